The summed E-state index contributed by atoms with van der Waals surface area (Å²) in [5, 5.41) is 7.59. The fraction of sp³-hybridized carbons (Fsp3) is 0.231. The van der Waals surface area contributed by atoms with Gasteiger partial charge in [-0.25, -0.2) is 9.52 Å². The zero-order valence-corrected chi connectivity index (χ0v) is 11.1. The third-order valence-corrected chi connectivity index (χ3v) is 2.28. The lowest BCUT2D eigenvalue weighted by molar-refractivity contribution is -0.606. The minimum Gasteiger partial charge on any atom is -0.345 e. The van der Waals surface area contributed by atoms with E-state index in [0.717, 1.165) is 22.9 Å². The predicted molar refractivity (Wildman–Crippen MR) is 70.8 cm³/mol. The van der Waals surface area contributed by atoms with Crippen molar-refractivity contribution < 1.29 is 13.9 Å². The molecule has 0 aliphatic carbocycles. The number of benzene rings is 1. The van der Waals surface area contributed by atoms with Gasteiger partial charge in [0.1, 0.15) is 5.69 Å². The van der Waals surface area contributed by atoms with Gasteiger partial charge in [0.15, 0.2) is 5.16 Å². The van der Waals surface area contributed by atoms with Crippen LogP contribution in [0, 0.1) is 6.92 Å². The van der Waals surface area contributed by atoms with E-state index in [1.165, 1.54) is 6.40 Å². The Morgan fingerprint density at radius 3 is 2.95 bits per heavy atom. The Labute approximate surface area is 111 Å². The summed E-state index contributed by atoms with van der Waals surface area (Å²) in [6.07, 6.45) is 2.84. The Morgan fingerprint density at radius 1 is 1.42 bits per heavy atom. The van der Waals surface area contributed by atoms with Gasteiger partial charge < -0.3 is 4.84 Å². The first-order chi connectivity index (χ1) is 9.16. The summed E-state index contributed by atoms with van der Waals surface area (Å²) in [5.74, 6) is 0.767. The van der Waals surface area contributed by atoms with Crippen molar-refractivity contribution in [3.8, 4) is 5.69 Å². The first kappa shape index (κ1) is 12.9. The lowest BCUT2D eigenvalue weighted by Gasteiger charge is -1.97. The van der Waals surface area contributed by atoms with Gasteiger partial charge in [-0.1, -0.05) is 11.2 Å². The van der Waals surface area contributed by atoms with Gasteiger partial charge in [0.2, 0.25) is 6.40 Å². The number of nitrogens with zero attached hydrogens (tertiary/aromatic N) is 4. The third kappa shape index (κ3) is 3.48. The van der Waals surface area contributed by atoms with E-state index in [1.54, 1.807) is 6.39 Å². The van der Waals surface area contributed by atoms with Crippen molar-refractivity contribution in [3.05, 3.63) is 36.5 Å². The maximum atomic E-state index is 4.91. The van der Waals surface area contributed by atoms with Crippen molar-refractivity contribution in [2.75, 3.05) is 0 Å². The van der Waals surface area contributed by atoms with E-state index in [1.807, 2.05) is 49.6 Å². The summed E-state index contributed by atoms with van der Waals surface area (Å²) in [4.78, 5) is 9.07. The van der Waals surface area contributed by atoms with Crippen LogP contribution in [0.4, 0.5) is 5.69 Å². The fourth-order valence-corrected chi connectivity index (χ4v) is 1.45. The van der Waals surface area contributed by atoms with E-state index >= 15 is 0 Å². The van der Waals surface area contributed by atoms with Crippen LogP contribution in [0.5, 0.6) is 0 Å². The molecule has 0 amide bonds. The van der Waals surface area contributed by atoms with Crippen LogP contribution >= 0.6 is 0 Å². The number of aryl methyl sites for hydroxylation is 1. The molecule has 6 heteroatoms. The Balaban J connectivity index is 2.16. The minimum absolute atomic E-state index is 0.759. The molecule has 19 heavy (non-hydrogen) atoms. The minimum atomic E-state index is 0.759. The summed E-state index contributed by atoms with van der Waals surface area (Å²) < 4.78 is 6.72. The summed E-state index contributed by atoms with van der Waals surface area (Å²) in [6, 6.07) is 7.61. The molecule has 1 heterocycles. The topological polar surface area (TPSA) is 63.9 Å². The van der Waals surface area contributed by atoms with Crippen LogP contribution in [0.1, 0.15) is 19.7 Å². The maximum Gasteiger partial charge on any atom is 0.350 e. The molecular formula is C13H15N4O2+. The van der Waals surface area contributed by atoms with E-state index in [4.69, 9.17) is 9.36 Å². The number of hydrogen-bond acceptors (Lipinski definition) is 5. The molecule has 0 radical (unpaired) electrons. The molecule has 6 nitrogen and oxygen atoms in total. The molecule has 0 spiro atoms. The van der Waals surface area contributed by atoms with Gasteiger partial charge >= 0.3 is 12.2 Å². The SMILES string of the molecule is CC(C)=NO/C=N/c1cccc(-[n+]2conc2C)c1. The molecule has 0 bridgehead atoms. The van der Waals surface area contributed by atoms with Crippen LogP contribution in [-0.2, 0) is 4.84 Å². The summed E-state index contributed by atoms with van der Waals surface area (Å²) >= 11 is 0. The molecular weight excluding hydrogens is 244 g/mol. The fourth-order valence-electron chi connectivity index (χ4n) is 1.45. The Morgan fingerprint density at radius 2 is 2.26 bits per heavy atom. The Kier molecular flexibility index (Phi) is 4.02. The molecule has 0 unspecified atom stereocenters. The molecule has 2 rings (SSSR count). The molecule has 0 N–H and O–H groups in total. The molecule has 0 atom stereocenters. The lowest BCUT2D eigenvalue weighted by Crippen LogP contribution is -2.30. The van der Waals surface area contributed by atoms with E-state index < -0.39 is 0 Å². The monoisotopic (exact) mass is 259 g/mol. The molecule has 2 aromatic rings. The smallest absolute Gasteiger partial charge is 0.345 e. The van der Waals surface area contributed by atoms with E-state index in [-0.39, 0.29) is 0 Å². The average Bonchev–Trinajstić information content (AvgIpc) is 2.81. The van der Waals surface area contributed by atoms with Crippen LogP contribution in [0.3, 0.4) is 0 Å². The second-order valence-electron chi connectivity index (χ2n) is 4.12. The van der Waals surface area contributed by atoms with Crippen molar-refractivity contribution in [3.63, 3.8) is 0 Å². The van der Waals surface area contributed by atoms with Crippen LogP contribution in [-0.4, -0.2) is 17.3 Å². The first-order valence-corrected chi connectivity index (χ1v) is 5.79. The number of oxime groups is 1. The second-order valence-corrected chi connectivity index (χ2v) is 4.12. The van der Waals surface area contributed by atoms with E-state index in [2.05, 4.69) is 15.3 Å². The molecule has 98 valence electrons. The standard InChI is InChI=1S/C13H15N4O2/c1-10(2)15-18-8-14-12-5-4-6-13(7-12)17-9-19-16-11(17)3/h4-9H,1-3H3/q+1/b14-8+. The van der Waals surface area contributed by atoms with Gasteiger partial charge in [0.25, 0.3) is 0 Å². The van der Waals surface area contributed by atoms with Gasteiger partial charge in [-0.05, 0) is 26.0 Å². The largest absolute Gasteiger partial charge is 0.350 e. The molecule has 0 saturated carbocycles. The highest BCUT2D eigenvalue weighted by atomic mass is 16.6. The quantitative estimate of drug-likeness (QED) is 0.366. The number of hydrogen-bond donors (Lipinski definition) is 0. The van der Waals surface area contributed by atoms with E-state index in [9.17, 15) is 0 Å². The van der Waals surface area contributed by atoms with Crippen molar-refractivity contribution >= 4 is 17.8 Å². The van der Waals surface area contributed by atoms with Crippen LogP contribution in [0.15, 0.2) is 45.3 Å². The molecule has 0 fully saturated rings. The summed E-state index contributed by atoms with van der Waals surface area (Å²) in [5.41, 5.74) is 2.51. The van der Waals surface area contributed by atoms with Crippen molar-refractivity contribution in [1.82, 2.24) is 5.16 Å². The highest BCUT2D eigenvalue weighted by molar-refractivity contribution is 5.78. The second kappa shape index (κ2) is 5.90. The Hall–Kier alpha value is -2.50. The number of rotatable bonds is 4. The third-order valence-electron chi connectivity index (χ3n) is 2.28. The zero-order valence-electron chi connectivity index (χ0n) is 11.1. The summed E-state index contributed by atoms with van der Waals surface area (Å²) in [6.45, 7) is 5.56. The van der Waals surface area contributed by atoms with Crippen LogP contribution in [0.25, 0.3) is 5.69 Å². The average molecular weight is 259 g/mol. The normalized spacial score (nSPS) is 10.7. The molecule has 1 aromatic heterocycles. The van der Waals surface area contributed by atoms with E-state index in [0.29, 0.717) is 0 Å². The van der Waals surface area contributed by atoms with Gasteiger partial charge in [-0.3, -0.25) is 0 Å². The van der Waals surface area contributed by atoms with Gasteiger partial charge in [-0.2, -0.15) is 4.57 Å². The lowest BCUT2D eigenvalue weighted by atomic mass is 10.3. The highest BCUT2D eigenvalue weighted by Crippen LogP contribution is 2.13. The highest BCUT2D eigenvalue weighted by Gasteiger charge is 2.12. The molecule has 0 aliphatic rings. The zero-order chi connectivity index (χ0) is 13.7. The van der Waals surface area contributed by atoms with Crippen LogP contribution < -0.4 is 4.57 Å². The molecule has 1 aromatic carbocycles. The number of aromatic nitrogens is 2. The predicted octanol–water partition coefficient (Wildman–Crippen LogP) is 2.33. The first-order valence-electron chi connectivity index (χ1n) is 5.79. The molecule has 0 saturated heterocycles. The van der Waals surface area contributed by atoms with Gasteiger partial charge in [-0.15, -0.1) is 0 Å². The van der Waals surface area contributed by atoms with Gasteiger partial charge in [0, 0.05) is 13.0 Å². The summed E-state index contributed by atoms with van der Waals surface area (Å²) in [7, 11) is 0. The van der Waals surface area contributed by atoms with Crippen LogP contribution in [0.2, 0.25) is 0 Å². The number of aliphatic imine (C=N–C) groups is 1. The Bertz CT molecular complexity index is 613. The van der Waals surface area contributed by atoms with Crippen molar-refractivity contribution in [2.24, 2.45) is 10.1 Å². The van der Waals surface area contributed by atoms with Gasteiger partial charge in [0.05, 0.1) is 11.4 Å². The van der Waals surface area contributed by atoms with Crippen molar-refractivity contribution in [2.45, 2.75) is 20.8 Å². The van der Waals surface area contributed by atoms with Crippen molar-refractivity contribution in [1.29, 1.82) is 0 Å². The maximum absolute atomic E-state index is 4.91. The molecule has 0 aliphatic heterocycles.